The van der Waals surface area contributed by atoms with Crippen molar-refractivity contribution in [2.24, 2.45) is 12.8 Å². The van der Waals surface area contributed by atoms with E-state index in [1.54, 1.807) is 16.4 Å². The molecule has 96 valence electrons. The Kier molecular flexibility index (Phi) is 4.95. The van der Waals surface area contributed by atoms with Crippen molar-refractivity contribution in [2.45, 2.75) is 31.0 Å². The molecule has 3 N–H and O–H groups in total. The van der Waals surface area contributed by atoms with E-state index in [9.17, 15) is 4.79 Å². The van der Waals surface area contributed by atoms with Gasteiger partial charge in [-0.2, -0.15) is 5.10 Å². The molecule has 0 bridgehead atoms. The summed E-state index contributed by atoms with van der Waals surface area (Å²) in [4.78, 5) is 15.5. The Morgan fingerprint density at radius 3 is 2.88 bits per heavy atom. The summed E-state index contributed by atoms with van der Waals surface area (Å²) in [5.74, 6) is 0.441. The van der Waals surface area contributed by atoms with Gasteiger partial charge in [0.05, 0.1) is 5.54 Å². The van der Waals surface area contributed by atoms with Crippen LogP contribution in [-0.4, -0.2) is 38.5 Å². The molecule has 1 amide bonds. The number of aryl methyl sites for hydroxylation is 1. The summed E-state index contributed by atoms with van der Waals surface area (Å²) >= 11 is 1.57. The first-order chi connectivity index (χ1) is 7.99. The Hall–Kier alpha value is -1.08. The van der Waals surface area contributed by atoms with Gasteiger partial charge in [-0.3, -0.25) is 4.79 Å². The summed E-state index contributed by atoms with van der Waals surface area (Å²) < 4.78 is 1.71. The molecule has 0 fully saturated rings. The maximum absolute atomic E-state index is 11.4. The van der Waals surface area contributed by atoms with Crippen molar-refractivity contribution in [1.82, 2.24) is 20.1 Å². The molecule has 0 saturated carbocycles. The number of hydrogen-bond acceptors (Lipinski definition) is 5. The summed E-state index contributed by atoms with van der Waals surface area (Å²) in [5, 5.41) is 7.94. The SMILES string of the molecule is CCNC(C)(CCSc1ncnn1C)C(N)=O. The van der Waals surface area contributed by atoms with Crippen molar-refractivity contribution < 1.29 is 4.79 Å². The second-order valence-electron chi connectivity index (χ2n) is 3.99. The van der Waals surface area contributed by atoms with Crippen LogP contribution in [0.5, 0.6) is 0 Å². The Labute approximate surface area is 105 Å². The summed E-state index contributed by atoms with van der Waals surface area (Å²) in [6.45, 7) is 4.50. The molecular formula is C10H19N5OS. The number of thioether (sulfide) groups is 1. The van der Waals surface area contributed by atoms with Crippen molar-refractivity contribution >= 4 is 17.7 Å². The van der Waals surface area contributed by atoms with Gasteiger partial charge in [0.25, 0.3) is 0 Å². The average Bonchev–Trinajstić information content (AvgIpc) is 2.65. The van der Waals surface area contributed by atoms with Gasteiger partial charge in [0.1, 0.15) is 6.33 Å². The van der Waals surface area contributed by atoms with Gasteiger partial charge < -0.3 is 11.1 Å². The van der Waals surface area contributed by atoms with Gasteiger partial charge in [0.15, 0.2) is 5.16 Å². The molecule has 6 nitrogen and oxygen atoms in total. The van der Waals surface area contributed by atoms with Crippen LogP contribution in [0.4, 0.5) is 0 Å². The van der Waals surface area contributed by atoms with Gasteiger partial charge in [-0.05, 0) is 19.9 Å². The van der Waals surface area contributed by atoms with E-state index in [0.717, 1.165) is 10.9 Å². The smallest absolute Gasteiger partial charge is 0.237 e. The minimum absolute atomic E-state index is 0.321. The van der Waals surface area contributed by atoms with Crippen molar-refractivity contribution in [3.8, 4) is 0 Å². The molecule has 0 spiro atoms. The zero-order chi connectivity index (χ0) is 12.9. The fraction of sp³-hybridized carbons (Fsp3) is 0.700. The van der Waals surface area contributed by atoms with Crippen LogP contribution in [0.15, 0.2) is 11.5 Å². The van der Waals surface area contributed by atoms with E-state index in [-0.39, 0.29) is 5.91 Å². The van der Waals surface area contributed by atoms with Gasteiger partial charge in [-0.15, -0.1) is 0 Å². The number of hydrogen-bond donors (Lipinski definition) is 2. The fourth-order valence-electron chi connectivity index (χ4n) is 1.45. The Morgan fingerprint density at radius 2 is 2.41 bits per heavy atom. The van der Waals surface area contributed by atoms with Crippen LogP contribution in [-0.2, 0) is 11.8 Å². The lowest BCUT2D eigenvalue weighted by molar-refractivity contribution is -0.123. The van der Waals surface area contributed by atoms with E-state index in [0.29, 0.717) is 13.0 Å². The molecule has 7 heteroatoms. The van der Waals surface area contributed by atoms with Crippen molar-refractivity contribution in [3.63, 3.8) is 0 Å². The van der Waals surface area contributed by atoms with Gasteiger partial charge in [-0.1, -0.05) is 18.7 Å². The van der Waals surface area contributed by atoms with Crippen LogP contribution in [0.1, 0.15) is 20.3 Å². The summed E-state index contributed by atoms with van der Waals surface area (Å²) in [7, 11) is 1.84. The number of rotatable bonds is 7. The third-order valence-corrected chi connectivity index (χ3v) is 3.65. The standard InChI is InChI=1S/C10H19N5OS/c1-4-13-10(2,8(11)16)5-6-17-9-12-7-14-15(9)3/h7,13H,4-6H2,1-3H3,(H2,11,16). The molecular weight excluding hydrogens is 238 g/mol. The van der Waals surface area contributed by atoms with Crippen LogP contribution in [0.25, 0.3) is 0 Å². The number of nitrogens with two attached hydrogens (primary N) is 1. The highest BCUT2D eigenvalue weighted by molar-refractivity contribution is 7.99. The van der Waals surface area contributed by atoms with E-state index in [1.165, 1.54) is 6.33 Å². The van der Waals surface area contributed by atoms with E-state index in [2.05, 4.69) is 15.4 Å². The molecule has 0 saturated heterocycles. The number of nitrogens with one attached hydrogen (secondary N) is 1. The molecule has 0 aromatic carbocycles. The van der Waals surface area contributed by atoms with Gasteiger partial charge in [0, 0.05) is 12.8 Å². The van der Waals surface area contributed by atoms with E-state index in [4.69, 9.17) is 5.73 Å². The highest BCUT2D eigenvalue weighted by atomic mass is 32.2. The lowest BCUT2D eigenvalue weighted by Crippen LogP contribution is -2.53. The number of aromatic nitrogens is 3. The largest absolute Gasteiger partial charge is 0.368 e. The highest BCUT2D eigenvalue weighted by Crippen LogP contribution is 2.19. The predicted octanol–water partition coefficient (Wildman–Crippen LogP) is 0.151. The topological polar surface area (TPSA) is 85.8 Å². The molecule has 1 unspecified atom stereocenters. The van der Waals surface area contributed by atoms with E-state index in [1.807, 2.05) is 20.9 Å². The normalized spacial score (nSPS) is 14.5. The third-order valence-electron chi connectivity index (χ3n) is 2.61. The van der Waals surface area contributed by atoms with Crippen LogP contribution in [0.2, 0.25) is 0 Å². The minimum Gasteiger partial charge on any atom is -0.368 e. The molecule has 1 atom stereocenters. The molecule has 1 aromatic heterocycles. The van der Waals surface area contributed by atoms with Gasteiger partial charge in [0.2, 0.25) is 5.91 Å². The second-order valence-corrected chi connectivity index (χ2v) is 5.05. The Bertz CT molecular complexity index is 381. The molecule has 17 heavy (non-hydrogen) atoms. The Morgan fingerprint density at radius 1 is 1.71 bits per heavy atom. The zero-order valence-electron chi connectivity index (χ0n) is 10.4. The number of nitrogens with zero attached hydrogens (tertiary/aromatic N) is 3. The summed E-state index contributed by atoms with van der Waals surface area (Å²) in [5.41, 5.74) is 4.75. The predicted molar refractivity (Wildman–Crippen MR) is 67.6 cm³/mol. The first kappa shape index (κ1) is 14.0. The maximum Gasteiger partial charge on any atom is 0.237 e. The lowest BCUT2D eigenvalue weighted by atomic mass is 9.98. The summed E-state index contributed by atoms with van der Waals surface area (Å²) in [6.07, 6.45) is 2.17. The summed E-state index contributed by atoms with van der Waals surface area (Å²) in [6, 6.07) is 0. The molecule has 1 heterocycles. The molecule has 1 rings (SSSR count). The molecule has 0 aliphatic carbocycles. The van der Waals surface area contributed by atoms with Crippen LogP contribution >= 0.6 is 11.8 Å². The fourth-order valence-corrected chi connectivity index (χ4v) is 2.50. The van der Waals surface area contributed by atoms with Gasteiger partial charge >= 0.3 is 0 Å². The second kappa shape index (κ2) is 6.02. The van der Waals surface area contributed by atoms with Gasteiger partial charge in [-0.25, -0.2) is 9.67 Å². The van der Waals surface area contributed by atoms with Crippen LogP contribution in [0.3, 0.4) is 0 Å². The monoisotopic (exact) mass is 257 g/mol. The molecule has 1 aromatic rings. The van der Waals surface area contributed by atoms with Crippen LogP contribution < -0.4 is 11.1 Å². The van der Waals surface area contributed by atoms with E-state index < -0.39 is 5.54 Å². The molecule has 0 aliphatic heterocycles. The average molecular weight is 257 g/mol. The third kappa shape index (κ3) is 3.71. The number of amides is 1. The maximum atomic E-state index is 11.4. The highest BCUT2D eigenvalue weighted by Gasteiger charge is 2.29. The molecule has 0 aliphatic rings. The van der Waals surface area contributed by atoms with Crippen molar-refractivity contribution in [3.05, 3.63) is 6.33 Å². The quantitative estimate of drug-likeness (QED) is 0.679. The first-order valence-electron chi connectivity index (χ1n) is 5.51. The first-order valence-corrected chi connectivity index (χ1v) is 6.50. The number of carbonyl (C=O) groups excluding carboxylic acids is 1. The van der Waals surface area contributed by atoms with Crippen molar-refractivity contribution in [2.75, 3.05) is 12.3 Å². The number of likely N-dealkylation sites (N-methyl/N-ethyl adjacent to an activating group) is 1. The van der Waals surface area contributed by atoms with Crippen LogP contribution in [0, 0.1) is 0 Å². The number of carbonyl (C=O) groups is 1. The number of primary amides is 1. The molecule has 0 radical (unpaired) electrons. The van der Waals surface area contributed by atoms with Crippen molar-refractivity contribution in [1.29, 1.82) is 0 Å². The van der Waals surface area contributed by atoms with E-state index >= 15 is 0 Å². The zero-order valence-corrected chi connectivity index (χ0v) is 11.3. The Balaban J connectivity index is 2.48. The minimum atomic E-state index is -0.652. The lowest BCUT2D eigenvalue weighted by Gasteiger charge is -2.26.